The van der Waals surface area contributed by atoms with Crippen LogP contribution < -0.4 is 30.7 Å². The minimum absolute atomic E-state index is 0.0562. The van der Waals surface area contributed by atoms with Gasteiger partial charge in [-0.1, -0.05) is 13.0 Å². The van der Waals surface area contributed by atoms with Gasteiger partial charge in [-0.05, 0) is 63.9 Å². The first-order valence-corrected chi connectivity index (χ1v) is 12.7. The van der Waals surface area contributed by atoms with Gasteiger partial charge in [0.15, 0.2) is 5.57 Å². The van der Waals surface area contributed by atoms with E-state index in [4.69, 9.17) is 0 Å². The van der Waals surface area contributed by atoms with Crippen molar-refractivity contribution >= 4 is 46.3 Å². The van der Waals surface area contributed by atoms with Crippen LogP contribution in [0.5, 0.6) is 0 Å². The number of carbonyl (C=O) groups excluding carboxylic acids is 2. The zero-order chi connectivity index (χ0) is 25.4. The highest BCUT2D eigenvalue weighted by molar-refractivity contribution is 7.07. The third-order valence-corrected chi connectivity index (χ3v) is 7.00. The number of piperidine rings is 1. The Labute approximate surface area is 208 Å². The van der Waals surface area contributed by atoms with E-state index >= 15 is 0 Å². The van der Waals surface area contributed by atoms with Gasteiger partial charge in [0.05, 0.1) is 6.54 Å². The Bertz CT molecular complexity index is 1280. The summed E-state index contributed by atoms with van der Waals surface area (Å²) in [6.45, 7) is 8.76. The third kappa shape index (κ3) is 6.81. The Morgan fingerprint density at radius 1 is 1.23 bits per heavy atom. The van der Waals surface area contributed by atoms with Crippen LogP contribution in [0.25, 0.3) is 11.8 Å². The molecule has 1 fully saturated rings. The van der Waals surface area contributed by atoms with Gasteiger partial charge in [-0.25, -0.2) is 0 Å². The Balaban J connectivity index is 1.77. The zero-order valence-electron chi connectivity index (χ0n) is 20.4. The van der Waals surface area contributed by atoms with E-state index < -0.39 is 5.91 Å². The number of thiazole rings is 1. The molecule has 0 unspecified atom stereocenters. The molecular formula is C25H32N6O3S. The number of nitrogens with zero attached hydrogens (tertiary/aromatic N) is 3. The van der Waals surface area contributed by atoms with Crippen LogP contribution in [0.2, 0.25) is 0 Å². The molecule has 3 N–H and O–H groups in total. The maximum absolute atomic E-state index is 12.9. The van der Waals surface area contributed by atoms with Crippen molar-refractivity contribution in [3.8, 4) is 6.07 Å². The van der Waals surface area contributed by atoms with E-state index in [-0.39, 0.29) is 17.0 Å². The fraction of sp³-hybridized carbons (Fsp3) is 0.440. The number of benzene rings is 1. The average molecular weight is 497 g/mol. The Morgan fingerprint density at radius 3 is 2.60 bits per heavy atom. The molecular weight excluding hydrogens is 464 g/mol. The number of carbonyl (C=O) groups is 2. The lowest BCUT2D eigenvalue weighted by atomic mass is 9.99. The van der Waals surface area contributed by atoms with Crippen LogP contribution >= 0.6 is 11.3 Å². The molecule has 0 radical (unpaired) electrons. The fourth-order valence-corrected chi connectivity index (χ4v) is 4.98. The van der Waals surface area contributed by atoms with Crippen molar-refractivity contribution in [2.45, 2.75) is 40.2 Å². The Kier molecular flexibility index (Phi) is 9.23. The van der Waals surface area contributed by atoms with Crippen molar-refractivity contribution in [1.82, 2.24) is 14.8 Å². The molecule has 2 aromatic rings. The van der Waals surface area contributed by atoms with Crippen molar-refractivity contribution in [3.63, 3.8) is 0 Å². The van der Waals surface area contributed by atoms with Crippen molar-refractivity contribution < 1.29 is 9.59 Å². The summed E-state index contributed by atoms with van der Waals surface area (Å²) in [6, 6.07) is 9.17. The summed E-state index contributed by atoms with van der Waals surface area (Å²) in [5.74, 6) is 0.159. The zero-order valence-corrected chi connectivity index (χ0v) is 21.2. The lowest BCUT2D eigenvalue weighted by molar-refractivity contribution is -0.117. The maximum atomic E-state index is 12.9. The molecule has 3 rings (SSSR count). The second kappa shape index (κ2) is 12.3. The molecule has 0 saturated carbocycles. The number of aromatic nitrogens is 1. The molecule has 9 nitrogen and oxygen atoms in total. The van der Waals surface area contributed by atoms with Gasteiger partial charge in [0.1, 0.15) is 15.3 Å². The highest BCUT2D eigenvalue weighted by Crippen LogP contribution is 2.17. The summed E-state index contributed by atoms with van der Waals surface area (Å²) in [5, 5.41) is 18.1. The van der Waals surface area contributed by atoms with E-state index in [0.717, 1.165) is 37.3 Å². The van der Waals surface area contributed by atoms with Crippen LogP contribution in [0.4, 0.5) is 11.4 Å². The number of amides is 2. The largest absolute Gasteiger partial charge is 0.360 e. The van der Waals surface area contributed by atoms with Crippen molar-refractivity contribution in [1.29, 1.82) is 5.26 Å². The van der Waals surface area contributed by atoms with Crippen LogP contribution in [0.1, 0.15) is 33.6 Å². The third-order valence-electron chi connectivity index (χ3n) is 5.87. The van der Waals surface area contributed by atoms with E-state index in [1.165, 1.54) is 4.57 Å². The summed E-state index contributed by atoms with van der Waals surface area (Å²) < 4.78 is 2.11. The van der Waals surface area contributed by atoms with Gasteiger partial charge in [-0.3, -0.25) is 23.9 Å². The molecule has 1 aliphatic heterocycles. The molecule has 1 saturated heterocycles. The molecule has 1 aliphatic rings. The van der Waals surface area contributed by atoms with Gasteiger partial charge in [-0.2, -0.15) is 5.26 Å². The van der Waals surface area contributed by atoms with Crippen LogP contribution in [0.15, 0.2) is 29.1 Å². The number of likely N-dealkylation sites (tertiary alicyclic amines) is 1. The molecule has 35 heavy (non-hydrogen) atoms. The molecule has 2 amide bonds. The highest BCUT2D eigenvalue weighted by atomic mass is 32.1. The van der Waals surface area contributed by atoms with Gasteiger partial charge in [0, 0.05) is 30.7 Å². The Hall–Kier alpha value is -3.42. The minimum Gasteiger partial charge on any atom is -0.360 e. The number of anilines is 2. The van der Waals surface area contributed by atoms with Crippen molar-refractivity contribution in [3.05, 3.63) is 43.8 Å². The van der Waals surface area contributed by atoms with Gasteiger partial charge >= 0.3 is 0 Å². The Morgan fingerprint density at radius 2 is 1.94 bits per heavy atom. The molecule has 1 aromatic carbocycles. The van der Waals surface area contributed by atoms with Crippen molar-refractivity contribution in [2.75, 3.05) is 36.8 Å². The van der Waals surface area contributed by atoms with E-state index in [9.17, 15) is 19.6 Å². The second-order valence-corrected chi connectivity index (χ2v) is 9.57. The lowest BCUT2D eigenvalue weighted by Gasteiger charge is -2.29. The molecule has 0 atom stereocenters. The van der Waals surface area contributed by atoms with Crippen LogP contribution in [-0.2, 0) is 16.1 Å². The monoisotopic (exact) mass is 496 g/mol. The number of hydrogen-bond acceptors (Lipinski definition) is 7. The summed E-state index contributed by atoms with van der Waals surface area (Å²) in [6.07, 6.45) is 3.79. The van der Waals surface area contributed by atoms with Gasteiger partial charge in [0.25, 0.3) is 11.5 Å². The van der Waals surface area contributed by atoms with E-state index in [1.54, 1.807) is 26.1 Å². The second-order valence-electron chi connectivity index (χ2n) is 8.54. The minimum atomic E-state index is -0.500. The van der Waals surface area contributed by atoms with Crippen LogP contribution in [0, 0.1) is 17.2 Å². The predicted octanol–water partition coefficient (Wildman–Crippen LogP) is 1.26. The number of rotatable bonds is 8. The average Bonchev–Trinajstić information content (AvgIpc) is 3.15. The summed E-state index contributed by atoms with van der Waals surface area (Å²) in [7, 11) is 0. The SMILES string of the molecule is CCNC(=O)/C(C#N)=c1\s/c(=C/Nc2cccc(NC(=O)CN3CCC(C)CC3)c2)c(=O)n1CC. The van der Waals surface area contributed by atoms with Gasteiger partial charge in [-0.15, -0.1) is 11.3 Å². The number of hydrogen-bond donors (Lipinski definition) is 3. The molecule has 0 spiro atoms. The normalized spacial score (nSPS) is 15.9. The summed E-state index contributed by atoms with van der Waals surface area (Å²) in [4.78, 5) is 39.8. The standard InChI is InChI=1S/C25H32N6O3S/c1-4-27-23(33)20(14-26)25-31(5-2)24(34)21(35-25)15-28-18-7-6-8-19(13-18)29-22(32)16-30-11-9-17(3)10-12-30/h6-8,13,15,17,28H,4-5,9-12,16H2,1-3H3,(H,27,33)(H,29,32)/b21-15+,25-20-. The van der Waals surface area contributed by atoms with Gasteiger partial charge < -0.3 is 16.0 Å². The van der Waals surface area contributed by atoms with Gasteiger partial charge in [0.2, 0.25) is 5.91 Å². The lowest BCUT2D eigenvalue weighted by Crippen LogP contribution is -2.38. The quantitative estimate of drug-likeness (QED) is 0.506. The first-order valence-electron chi connectivity index (χ1n) is 11.9. The predicted molar refractivity (Wildman–Crippen MR) is 139 cm³/mol. The number of nitrogens with one attached hydrogen (secondary N) is 3. The molecule has 2 heterocycles. The first kappa shape index (κ1) is 26.2. The molecule has 186 valence electrons. The maximum Gasteiger partial charge on any atom is 0.270 e. The number of nitriles is 1. The molecule has 0 aliphatic carbocycles. The smallest absolute Gasteiger partial charge is 0.270 e. The van der Waals surface area contributed by atoms with E-state index in [1.807, 2.05) is 24.3 Å². The molecule has 10 heteroatoms. The molecule has 1 aromatic heterocycles. The molecule has 0 bridgehead atoms. The first-order chi connectivity index (χ1) is 16.9. The summed E-state index contributed by atoms with van der Waals surface area (Å²) >= 11 is 1.09. The topological polar surface area (TPSA) is 119 Å². The van der Waals surface area contributed by atoms with E-state index in [2.05, 4.69) is 27.8 Å². The summed E-state index contributed by atoms with van der Waals surface area (Å²) in [5.41, 5.74) is 0.994. The fourth-order valence-electron chi connectivity index (χ4n) is 3.90. The van der Waals surface area contributed by atoms with Crippen LogP contribution in [0.3, 0.4) is 0 Å². The van der Waals surface area contributed by atoms with Crippen molar-refractivity contribution in [2.24, 2.45) is 5.92 Å². The van der Waals surface area contributed by atoms with Crippen LogP contribution in [-0.4, -0.2) is 47.5 Å². The van der Waals surface area contributed by atoms with E-state index in [0.29, 0.717) is 46.1 Å². The highest BCUT2D eigenvalue weighted by Gasteiger charge is 2.18.